The Morgan fingerprint density at radius 2 is 2.04 bits per heavy atom. The number of benzene rings is 1. The minimum atomic E-state index is -1.05. The number of phenols is 1. The number of aromatic hydroxyl groups is 1. The zero-order valence-electron chi connectivity index (χ0n) is 15.3. The first-order chi connectivity index (χ1) is 12.3. The molecule has 2 saturated carbocycles. The molecule has 5 atom stereocenters. The van der Waals surface area contributed by atoms with Gasteiger partial charge in [-0.2, -0.15) is 0 Å². The fraction of sp³-hybridized carbons (Fsp3) is 0.619. The molecule has 0 heterocycles. The van der Waals surface area contributed by atoms with Crippen LogP contribution in [0.25, 0.3) is 0 Å². The number of rotatable bonds is 2. The van der Waals surface area contributed by atoms with Crippen LogP contribution in [-0.4, -0.2) is 28.1 Å². The van der Waals surface area contributed by atoms with Crippen LogP contribution in [-0.2, 0) is 15.1 Å². The lowest BCUT2D eigenvalue weighted by Crippen LogP contribution is -2.54. The van der Waals surface area contributed by atoms with Crippen LogP contribution in [0, 0.1) is 17.3 Å². The molecule has 0 spiro atoms. The van der Waals surface area contributed by atoms with E-state index in [1.165, 1.54) is 6.07 Å². The molecule has 26 heavy (non-hydrogen) atoms. The number of ether oxygens (including phenoxy) is 1. The minimum absolute atomic E-state index is 0.0242. The number of Topliss-reactive ketones (excluding diaryl/α,β-unsaturated/α-hetero) is 1. The van der Waals surface area contributed by atoms with E-state index in [4.69, 9.17) is 4.74 Å². The topological polar surface area (TPSA) is 83.8 Å². The van der Waals surface area contributed by atoms with Crippen LogP contribution in [0.15, 0.2) is 18.2 Å². The SMILES string of the molecule is CCC(=O)O[C@H]1CC[C@H]2[C@@H]3CC(=O)c4cc(O)ccc4[C@@]3(O)CC[C@]12C. The normalized spacial score (nSPS) is 38.3. The standard InChI is InChI=1S/C21H26O5/c1-3-19(24)26-18-7-6-15-16-11-17(23)13-10-12(22)4-5-14(13)21(16,25)9-8-20(15,18)2/h4-5,10,15-16,18,22,25H,3,6-9,11H2,1-2H3/t15-,16-,18-,20-,21-/m0/s1. The summed E-state index contributed by atoms with van der Waals surface area (Å²) in [5.41, 5.74) is -0.159. The maximum absolute atomic E-state index is 12.7. The van der Waals surface area contributed by atoms with E-state index in [9.17, 15) is 19.8 Å². The molecule has 1 aromatic carbocycles. The van der Waals surface area contributed by atoms with Crippen molar-refractivity contribution in [2.24, 2.45) is 17.3 Å². The molecule has 2 fully saturated rings. The van der Waals surface area contributed by atoms with Gasteiger partial charge in [0, 0.05) is 29.7 Å². The molecule has 0 aliphatic heterocycles. The fourth-order valence-electron chi connectivity index (χ4n) is 5.75. The predicted molar refractivity (Wildman–Crippen MR) is 94.7 cm³/mol. The number of carbonyl (C=O) groups is 2. The molecule has 140 valence electrons. The summed E-state index contributed by atoms with van der Waals surface area (Å²) in [6, 6.07) is 4.71. The summed E-state index contributed by atoms with van der Waals surface area (Å²) in [5, 5.41) is 21.3. The highest BCUT2D eigenvalue weighted by molar-refractivity contribution is 5.99. The van der Waals surface area contributed by atoms with Gasteiger partial charge in [-0.15, -0.1) is 0 Å². The van der Waals surface area contributed by atoms with Crippen molar-refractivity contribution in [3.05, 3.63) is 29.3 Å². The Labute approximate surface area is 153 Å². The Kier molecular flexibility index (Phi) is 3.92. The van der Waals surface area contributed by atoms with E-state index in [0.717, 1.165) is 19.3 Å². The minimum Gasteiger partial charge on any atom is -0.508 e. The van der Waals surface area contributed by atoms with Crippen molar-refractivity contribution in [3.8, 4) is 5.75 Å². The largest absolute Gasteiger partial charge is 0.508 e. The lowest BCUT2D eigenvalue weighted by atomic mass is 9.53. The van der Waals surface area contributed by atoms with Crippen LogP contribution in [0.3, 0.4) is 0 Å². The van der Waals surface area contributed by atoms with Gasteiger partial charge in [0.25, 0.3) is 0 Å². The summed E-state index contributed by atoms with van der Waals surface area (Å²) >= 11 is 0. The molecule has 4 rings (SSSR count). The van der Waals surface area contributed by atoms with Gasteiger partial charge in [0.15, 0.2) is 5.78 Å². The summed E-state index contributed by atoms with van der Waals surface area (Å²) < 4.78 is 5.72. The van der Waals surface area contributed by atoms with Crippen LogP contribution in [0.2, 0.25) is 0 Å². The van der Waals surface area contributed by atoms with Gasteiger partial charge in [0.2, 0.25) is 0 Å². The maximum Gasteiger partial charge on any atom is 0.305 e. The first-order valence-electron chi connectivity index (χ1n) is 9.58. The summed E-state index contributed by atoms with van der Waals surface area (Å²) in [7, 11) is 0. The number of phenolic OH excluding ortho intramolecular Hbond substituents is 1. The highest BCUT2D eigenvalue weighted by atomic mass is 16.5. The molecule has 0 bridgehead atoms. The van der Waals surface area contributed by atoms with Crippen molar-refractivity contribution >= 4 is 11.8 Å². The van der Waals surface area contributed by atoms with Crippen molar-refractivity contribution in [2.75, 3.05) is 0 Å². The summed E-state index contributed by atoms with van der Waals surface area (Å²) in [6.07, 6.45) is 3.43. The van der Waals surface area contributed by atoms with E-state index in [1.807, 2.05) is 0 Å². The summed E-state index contributed by atoms with van der Waals surface area (Å²) in [4.78, 5) is 24.6. The van der Waals surface area contributed by atoms with E-state index in [0.29, 0.717) is 24.0 Å². The molecular formula is C21H26O5. The van der Waals surface area contributed by atoms with Crippen LogP contribution < -0.4 is 0 Å². The monoisotopic (exact) mass is 358 g/mol. The molecule has 0 unspecified atom stereocenters. The lowest BCUT2D eigenvalue weighted by Gasteiger charge is -2.54. The van der Waals surface area contributed by atoms with Crippen molar-refractivity contribution in [2.45, 2.75) is 64.1 Å². The molecule has 2 N–H and O–H groups in total. The van der Waals surface area contributed by atoms with Gasteiger partial charge in [-0.1, -0.05) is 19.9 Å². The van der Waals surface area contributed by atoms with Gasteiger partial charge in [-0.25, -0.2) is 0 Å². The fourth-order valence-corrected chi connectivity index (χ4v) is 5.75. The van der Waals surface area contributed by atoms with Gasteiger partial charge in [0.05, 0.1) is 5.60 Å². The number of esters is 1. The Morgan fingerprint density at radius 1 is 1.27 bits per heavy atom. The molecule has 3 aliphatic rings. The average Bonchev–Trinajstić information content (AvgIpc) is 2.93. The molecule has 5 nitrogen and oxygen atoms in total. The lowest BCUT2D eigenvalue weighted by molar-refractivity contribution is -0.167. The molecule has 3 aliphatic carbocycles. The number of aliphatic hydroxyl groups is 1. The third kappa shape index (κ3) is 2.33. The molecule has 0 amide bonds. The van der Waals surface area contributed by atoms with Crippen LogP contribution in [0.4, 0.5) is 0 Å². The van der Waals surface area contributed by atoms with Gasteiger partial charge >= 0.3 is 5.97 Å². The average molecular weight is 358 g/mol. The molecule has 5 heteroatoms. The first kappa shape index (κ1) is 17.5. The maximum atomic E-state index is 12.7. The van der Waals surface area contributed by atoms with Crippen molar-refractivity contribution in [1.29, 1.82) is 0 Å². The van der Waals surface area contributed by atoms with Gasteiger partial charge in [0.1, 0.15) is 11.9 Å². The smallest absolute Gasteiger partial charge is 0.305 e. The third-order valence-electron chi connectivity index (χ3n) is 7.20. The highest BCUT2D eigenvalue weighted by Gasteiger charge is 2.62. The second-order valence-corrected chi connectivity index (χ2v) is 8.41. The van der Waals surface area contributed by atoms with E-state index in [-0.39, 0.29) is 47.3 Å². The zero-order chi connectivity index (χ0) is 18.7. The van der Waals surface area contributed by atoms with E-state index in [1.54, 1.807) is 19.1 Å². The second kappa shape index (κ2) is 5.81. The molecule has 0 aromatic heterocycles. The quantitative estimate of drug-likeness (QED) is 0.793. The molecule has 0 radical (unpaired) electrons. The van der Waals surface area contributed by atoms with Crippen LogP contribution in [0.1, 0.15) is 68.3 Å². The third-order valence-corrected chi connectivity index (χ3v) is 7.20. The zero-order valence-corrected chi connectivity index (χ0v) is 15.3. The molecular weight excluding hydrogens is 332 g/mol. The van der Waals surface area contributed by atoms with Crippen molar-refractivity contribution in [1.82, 2.24) is 0 Å². The van der Waals surface area contributed by atoms with Crippen molar-refractivity contribution < 1.29 is 24.5 Å². The number of fused-ring (bicyclic) bond motifs is 5. The number of ketones is 1. The first-order valence-corrected chi connectivity index (χ1v) is 9.58. The Hall–Kier alpha value is -1.88. The van der Waals surface area contributed by atoms with Crippen molar-refractivity contribution in [3.63, 3.8) is 0 Å². The summed E-state index contributed by atoms with van der Waals surface area (Å²) in [5.74, 6) is -0.188. The van der Waals surface area contributed by atoms with Gasteiger partial charge < -0.3 is 14.9 Å². The predicted octanol–water partition coefficient (Wildman–Crippen LogP) is 3.31. The van der Waals surface area contributed by atoms with Gasteiger partial charge in [-0.3, -0.25) is 9.59 Å². The molecule has 0 saturated heterocycles. The van der Waals surface area contributed by atoms with E-state index < -0.39 is 5.60 Å². The Bertz CT molecular complexity index is 772. The second-order valence-electron chi connectivity index (χ2n) is 8.41. The number of hydrogen-bond donors (Lipinski definition) is 2. The number of hydrogen-bond acceptors (Lipinski definition) is 5. The summed E-state index contributed by atoms with van der Waals surface area (Å²) in [6.45, 7) is 3.94. The van der Waals surface area contributed by atoms with Gasteiger partial charge in [-0.05, 0) is 49.3 Å². The van der Waals surface area contributed by atoms with Crippen LogP contribution in [0.5, 0.6) is 5.75 Å². The molecule has 1 aromatic rings. The van der Waals surface area contributed by atoms with E-state index >= 15 is 0 Å². The Balaban J connectivity index is 1.71. The Morgan fingerprint density at radius 3 is 2.77 bits per heavy atom. The van der Waals surface area contributed by atoms with E-state index in [2.05, 4.69) is 6.92 Å². The van der Waals surface area contributed by atoms with Crippen LogP contribution >= 0.6 is 0 Å². The number of carbonyl (C=O) groups excluding carboxylic acids is 2. The highest BCUT2D eigenvalue weighted by Crippen LogP contribution is 2.63.